The average molecular weight is 313 g/mol. The lowest BCUT2D eigenvalue weighted by molar-refractivity contribution is 0.116. The summed E-state index contributed by atoms with van der Waals surface area (Å²) in [5, 5.41) is 0. The van der Waals surface area contributed by atoms with E-state index in [9.17, 15) is 0 Å². The lowest BCUT2D eigenvalue weighted by Crippen LogP contribution is -2.26. The van der Waals surface area contributed by atoms with Crippen LogP contribution in [0.5, 0.6) is 5.88 Å². The van der Waals surface area contributed by atoms with Gasteiger partial charge in [0.05, 0.1) is 0 Å². The summed E-state index contributed by atoms with van der Waals surface area (Å²) in [7, 11) is 0. The quantitative estimate of drug-likeness (QED) is 0.923. The topological polar surface area (TPSA) is 48.1 Å². The molecule has 2 atom stereocenters. The third-order valence-corrected chi connectivity index (χ3v) is 4.14. The van der Waals surface area contributed by atoms with E-state index in [1.165, 1.54) is 19.3 Å². The van der Waals surface area contributed by atoms with E-state index in [-0.39, 0.29) is 0 Å². The summed E-state index contributed by atoms with van der Waals surface area (Å²) in [6.07, 6.45) is 8.22. The Hall–Kier alpha value is -0.610. The van der Waals surface area contributed by atoms with Crippen LogP contribution < -0.4 is 10.5 Å². The van der Waals surface area contributed by atoms with Crippen LogP contribution in [0.15, 0.2) is 16.7 Å². The van der Waals surface area contributed by atoms with Crippen LogP contribution in [0.25, 0.3) is 0 Å². The van der Waals surface area contributed by atoms with Crippen LogP contribution in [0, 0.1) is 5.92 Å². The molecule has 1 aliphatic rings. The first-order valence-electron chi connectivity index (χ1n) is 6.74. The van der Waals surface area contributed by atoms with E-state index in [0.29, 0.717) is 18.5 Å². The van der Waals surface area contributed by atoms with Crippen LogP contribution in [-0.4, -0.2) is 11.1 Å². The number of nitrogens with zero attached hydrogens (tertiary/aromatic N) is 1. The smallest absolute Gasteiger partial charge is 0.218 e. The van der Waals surface area contributed by atoms with Crippen molar-refractivity contribution < 1.29 is 4.74 Å². The van der Waals surface area contributed by atoms with Gasteiger partial charge in [0.1, 0.15) is 6.10 Å². The molecule has 1 heterocycles. The van der Waals surface area contributed by atoms with Crippen molar-refractivity contribution in [2.45, 2.75) is 51.7 Å². The first-order chi connectivity index (χ1) is 8.72. The van der Waals surface area contributed by atoms with Crippen LogP contribution in [0.4, 0.5) is 0 Å². The zero-order chi connectivity index (χ0) is 13.0. The monoisotopic (exact) mass is 312 g/mol. The summed E-state index contributed by atoms with van der Waals surface area (Å²) >= 11 is 3.41. The third kappa shape index (κ3) is 3.45. The molecule has 0 amide bonds. The molecule has 0 spiro atoms. The molecule has 2 unspecified atom stereocenters. The lowest BCUT2D eigenvalue weighted by Gasteiger charge is -2.29. The number of pyridine rings is 1. The van der Waals surface area contributed by atoms with Gasteiger partial charge in [-0.05, 0) is 47.2 Å². The zero-order valence-electron chi connectivity index (χ0n) is 10.9. The average Bonchev–Trinajstić information content (AvgIpc) is 2.41. The van der Waals surface area contributed by atoms with Gasteiger partial charge in [-0.25, -0.2) is 4.98 Å². The van der Waals surface area contributed by atoms with E-state index in [4.69, 9.17) is 10.5 Å². The molecule has 3 nitrogen and oxygen atoms in total. The highest BCUT2D eigenvalue weighted by Crippen LogP contribution is 2.30. The molecule has 1 saturated carbocycles. The molecule has 0 aliphatic heterocycles. The van der Waals surface area contributed by atoms with Crippen molar-refractivity contribution >= 4 is 15.9 Å². The van der Waals surface area contributed by atoms with Gasteiger partial charge in [0.15, 0.2) is 0 Å². The van der Waals surface area contributed by atoms with E-state index in [2.05, 4.69) is 27.8 Å². The van der Waals surface area contributed by atoms with E-state index >= 15 is 0 Å². The van der Waals surface area contributed by atoms with E-state index in [1.54, 1.807) is 6.20 Å². The van der Waals surface area contributed by atoms with Gasteiger partial charge < -0.3 is 10.5 Å². The minimum Gasteiger partial charge on any atom is -0.474 e. The van der Waals surface area contributed by atoms with Gasteiger partial charge in [-0.2, -0.15) is 0 Å². The number of hydrogen-bond donors (Lipinski definition) is 1. The van der Waals surface area contributed by atoms with Gasteiger partial charge in [-0.3, -0.25) is 0 Å². The molecule has 0 saturated heterocycles. The summed E-state index contributed by atoms with van der Waals surface area (Å²) in [5.74, 6) is 1.52. The highest BCUT2D eigenvalue weighted by molar-refractivity contribution is 9.10. The van der Waals surface area contributed by atoms with E-state index in [0.717, 1.165) is 28.8 Å². The van der Waals surface area contributed by atoms with Crippen LogP contribution in [0.2, 0.25) is 0 Å². The number of rotatable bonds is 4. The molecular formula is C14H21BrN2O. The second-order valence-corrected chi connectivity index (χ2v) is 5.92. The Bertz CT molecular complexity index is 397. The molecule has 2 rings (SSSR count). The standard InChI is InChI=1S/C14H21BrN2O/c1-2-10-4-3-5-13(6-10)18-14-11(8-16)7-12(15)9-17-14/h7,9-10,13H,2-6,8,16H2,1H3. The van der Waals surface area contributed by atoms with Crippen molar-refractivity contribution in [3.8, 4) is 5.88 Å². The molecule has 100 valence electrons. The van der Waals surface area contributed by atoms with E-state index in [1.807, 2.05) is 6.07 Å². The molecule has 0 radical (unpaired) electrons. The Morgan fingerprint density at radius 3 is 3.06 bits per heavy atom. The Morgan fingerprint density at radius 1 is 1.50 bits per heavy atom. The predicted molar refractivity (Wildman–Crippen MR) is 76.5 cm³/mol. The summed E-state index contributed by atoms with van der Waals surface area (Å²) in [5.41, 5.74) is 6.71. The molecule has 4 heteroatoms. The Kier molecular flexibility index (Phi) is 5.01. The van der Waals surface area contributed by atoms with Crippen molar-refractivity contribution in [2.24, 2.45) is 11.7 Å². The SMILES string of the molecule is CCC1CCCC(Oc2ncc(Br)cc2CN)C1. The lowest BCUT2D eigenvalue weighted by atomic mass is 9.85. The Labute approximate surface area is 117 Å². The van der Waals surface area contributed by atoms with Crippen molar-refractivity contribution in [3.63, 3.8) is 0 Å². The molecule has 1 aromatic heterocycles. The van der Waals surface area contributed by atoms with E-state index < -0.39 is 0 Å². The van der Waals surface area contributed by atoms with Crippen molar-refractivity contribution in [2.75, 3.05) is 0 Å². The summed E-state index contributed by atoms with van der Waals surface area (Å²) in [6.45, 7) is 2.72. The molecule has 2 N–H and O–H groups in total. The maximum Gasteiger partial charge on any atom is 0.218 e. The minimum atomic E-state index is 0.308. The molecule has 0 aromatic carbocycles. The van der Waals surface area contributed by atoms with Crippen molar-refractivity contribution in [1.29, 1.82) is 0 Å². The maximum absolute atomic E-state index is 6.05. The fourth-order valence-electron chi connectivity index (χ4n) is 2.60. The highest BCUT2D eigenvalue weighted by atomic mass is 79.9. The summed E-state index contributed by atoms with van der Waals surface area (Å²) in [6, 6.07) is 1.99. The molecule has 1 fully saturated rings. The molecule has 1 aliphatic carbocycles. The fraction of sp³-hybridized carbons (Fsp3) is 0.643. The van der Waals surface area contributed by atoms with Crippen LogP contribution in [-0.2, 0) is 6.54 Å². The largest absolute Gasteiger partial charge is 0.474 e. The number of ether oxygens (including phenoxy) is 1. The normalized spacial score (nSPS) is 23.9. The second-order valence-electron chi connectivity index (χ2n) is 5.00. The summed E-state index contributed by atoms with van der Waals surface area (Å²) in [4.78, 5) is 4.34. The molecule has 1 aromatic rings. The number of hydrogen-bond acceptors (Lipinski definition) is 3. The van der Waals surface area contributed by atoms with Crippen LogP contribution >= 0.6 is 15.9 Å². The Balaban J connectivity index is 2.04. The highest BCUT2D eigenvalue weighted by Gasteiger charge is 2.23. The molecular weight excluding hydrogens is 292 g/mol. The summed E-state index contributed by atoms with van der Waals surface area (Å²) < 4.78 is 7.00. The predicted octanol–water partition coefficient (Wildman–Crippen LogP) is 3.65. The number of halogens is 1. The maximum atomic E-state index is 6.05. The van der Waals surface area contributed by atoms with Gasteiger partial charge >= 0.3 is 0 Å². The van der Waals surface area contributed by atoms with Gasteiger partial charge in [-0.15, -0.1) is 0 Å². The Morgan fingerprint density at radius 2 is 2.33 bits per heavy atom. The fourth-order valence-corrected chi connectivity index (χ4v) is 2.98. The van der Waals surface area contributed by atoms with Crippen molar-refractivity contribution in [1.82, 2.24) is 4.98 Å². The first kappa shape index (κ1) is 13.8. The molecule has 0 bridgehead atoms. The number of nitrogens with two attached hydrogens (primary N) is 1. The third-order valence-electron chi connectivity index (χ3n) is 3.70. The van der Waals surface area contributed by atoms with Gasteiger partial charge in [0, 0.05) is 22.8 Å². The van der Waals surface area contributed by atoms with Crippen molar-refractivity contribution in [3.05, 3.63) is 22.3 Å². The van der Waals surface area contributed by atoms with Crippen LogP contribution in [0.3, 0.4) is 0 Å². The molecule has 18 heavy (non-hydrogen) atoms. The van der Waals surface area contributed by atoms with Gasteiger partial charge in [-0.1, -0.05) is 19.8 Å². The van der Waals surface area contributed by atoms with Crippen LogP contribution in [0.1, 0.15) is 44.6 Å². The second kappa shape index (κ2) is 6.53. The minimum absolute atomic E-state index is 0.308. The number of aromatic nitrogens is 1. The zero-order valence-corrected chi connectivity index (χ0v) is 12.4. The van der Waals surface area contributed by atoms with Gasteiger partial charge in [0.2, 0.25) is 5.88 Å². The van der Waals surface area contributed by atoms with Gasteiger partial charge in [0.25, 0.3) is 0 Å². The first-order valence-corrected chi connectivity index (χ1v) is 7.53.